The van der Waals surface area contributed by atoms with Crippen molar-refractivity contribution in [1.29, 1.82) is 5.26 Å². The van der Waals surface area contributed by atoms with Gasteiger partial charge in [-0.05, 0) is 35.4 Å². The van der Waals surface area contributed by atoms with Crippen LogP contribution in [0.1, 0.15) is 5.56 Å². The first kappa shape index (κ1) is 13.0. The lowest BCUT2D eigenvalue weighted by molar-refractivity contribution is 1.48. The van der Waals surface area contributed by atoms with Crippen molar-refractivity contribution in [2.24, 2.45) is 0 Å². The van der Waals surface area contributed by atoms with Crippen LogP contribution in [0.4, 0.5) is 5.69 Å². The lowest BCUT2D eigenvalue weighted by atomic mass is 10.0. The molecule has 0 atom stereocenters. The number of nitrogens with two attached hydrogens (primary N) is 1. The number of nitrogen functional groups attached to an aromatic ring is 1. The average molecular weight is 246 g/mol. The molecular formula is C13H12ClN3. The Kier molecular flexibility index (Phi) is 4.11. The molecule has 0 saturated heterocycles. The van der Waals surface area contributed by atoms with Crippen molar-refractivity contribution in [1.82, 2.24) is 6.15 Å². The molecule has 0 fully saturated rings. The third-order valence-corrected chi connectivity index (χ3v) is 2.57. The summed E-state index contributed by atoms with van der Waals surface area (Å²) < 4.78 is 0. The SMILES string of the molecule is N.N#Cc1cc(-c2cccc(Cl)c2)ccc1N. The van der Waals surface area contributed by atoms with Crippen molar-refractivity contribution >= 4 is 17.3 Å². The van der Waals surface area contributed by atoms with Crippen molar-refractivity contribution in [3.63, 3.8) is 0 Å². The Labute approximate surface area is 105 Å². The molecule has 0 saturated carbocycles. The number of benzene rings is 2. The normalized spacial score (nSPS) is 9.18. The summed E-state index contributed by atoms with van der Waals surface area (Å²) in [6.07, 6.45) is 0. The van der Waals surface area contributed by atoms with Gasteiger partial charge in [0.1, 0.15) is 6.07 Å². The Bertz CT molecular complexity index is 573. The van der Waals surface area contributed by atoms with Crippen LogP contribution in [0.25, 0.3) is 11.1 Å². The van der Waals surface area contributed by atoms with Gasteiger partial charge in [-0.1, -0.05) is 29.8 Å². The molecule has 86 valence electrons. The second-order valence-electron chi connectivity index (χ2n) is 3.42. The molecule has 2 aromatic rings. The van der Waals surface area contributed by atoms with Gasteiger partial charge in [-0.2, -0.15) is 5.26 Å². The third-order valence-electron chi connectivity index (χ3n) is 2.33. The van der Waals surface area contributed by atoms with Gasteiger partial charge in [0, 0.05) is 10.7 Å². The highest BCUT2D eigenvalue weighted by atomic mass is 35.5. The van der Waals surface area contributed by atoms with E-state index >= 15 is 0 Å². The Morgan fingerprint density at radius 2 is 1.76 bits per heavy atom. The Morgan fingerprint density at radius 1 is 1.06 bits per heavy atom. The Morgan fingerprint density at radius 3 is 2.41 bits per heavy atom. The minimum atomic E-state index is 0. The number of rotatable bonds is 1. The molecule has 3 nitrogen and oxygen atoms in total. The molecule has 0 radical (unpaired) electrons. The second-order valence-corrected chi connectivity index (χ2v) is 3.86. The first-order chi connectivity index (χ1) is 7.70. The molecule has 0 aromatic heterocycles. The van der Waals surface area contributed by atoms with Crippen molar-refractivity contribution in [2.75, 3.05) is 5.73 Å². The zero-order chi connectivity index (χ0) is 11.5. The summed E-state index contributed by atoms with van der Waals surface area (Å²) in [4.78, 5) is 0. The zero-order valence-electron chi connectivity index (χ0n) is 9.15. The Balaban J connectivity index is 0.00000144. The predicted octanol–water partition coefficient (Wildman–Crippen LogP) is 3.62. The monoisotopic (exact) mass is 245 g/mol. The van der Waals surface area contributed by atoms with E-state index < -0.39 is 0 Å². The molecule has 2 rings (SSSR count). The molecule has 0 amide bonds. The highest BCUT2D eigenvalue weighted by Gasteiger charge is 2.02. The average Bonchev–Trinajstić information content (AvgIpc) is 2.29. The minimum Gasteiger partial charge on any atom is -0.398 e. The highest BCUT2D eigenvalue weighted by molar-refractivity contribution is 6.30. The smallest absolute Gasteiger partial charge is 0.101 e. The van der Waals surface area contributed by atoms with Crippen molar-refractivity contribution in [3.05, 3.63) is 53.1 Å². The highest BCUT2D eigenvalue weighted by Crippen LogP contribution is 2.25. The van der Waals surface area contributed by atoms with E-state index in [9.17, 15) is 0 Å². The maximum atomic E-state index is 8.89. The van der Waals surface area contributed by atoms with E-state index in [0.29, 0.717) is 16.3 Å². The number of hydrogen-bond acceptors (Lipinski definition) is 3. The van der Waals surface area contributed by atoms with E-state index in [-0.39, 0.29) is 6.15 Å². The molecular weight excluding hydrogens is 234 g/mol. The van der Waals surface area contributed by atoms with E-state index in [2.05, 4.69) is 6.07 Å². The van der Waals surface area contributed by atoms with E-state index in [1.807, 2.05) is 30.3 Å². The van der Waals surface area contributed by atoms with Gasteiger partial charge in [-0.3, -0.25) is 0 Å². The van der Waals surface area contributed by atoms with Gasteiger partial charge >= 0.3 is 0 Å². The molecule has 0 aliphatic carbocycles. The van der Waals surface area contributed by atoms with Gasteiger partial charge in [0.2, 0.25) is 0 Å². The van der Waals surface area contributed by atoms with Crippen LogP contribution >= 0.6 is 11.6 Å². The van der Waals surface area contributed by atoms with Crippen LogP contribution in [0, 0.1) is 11.3 Å². The van der Waals surface area contributed by atoms with Crippen molar-refractivity contribution in [3.8, 4) is 17.2 Å². The quantitative estimate of drug-likeness (QED) is 0.753. The summed E-state index contributed by atoms with van der Waals surface area (Å²) in [7, 11) is 0. The van der Waals surface area contributed by atoms with Crippen LogP contribution in [-0.4, -0.2) is 0 Å². The predicted molar refractivity (Wildman–Crippen MR) is 71.0 cm³/mol. The minimum absolute atomic E-state index is 0. The summed E-state index contributed by atoms with van der Waals surface area (Å²) in [6.45, 7) is 0. The van der Waals surface area contributed by atoms with E-state index in [1.54, 1.807) is 12.1 Å². The first-order valence-corrected chi connectivity index (χ1v) is 5.14. The molecule has 0 unspecified atom stereocenters. The number of nitrogens with zero attached hydrogens (tertiary/aromatic N) is 1. The topological polar surface area (TPSA) is 84.8 Å². The van der Waals surface area contributed by atoms with Crippen LogP contribution in [0.3, 0.4) is 0 Å². The number of halogens is 1. The second kappa shape index (κ2) is 5.35. The van der Waals surface area contributed by atoms with Crippen molar-refractivity contribution < 1.29 is 0 Å². The largest absolute Gasteiger partial charge is 0.398 e. The molecule has 0 spiro atoms. The first-order valence-electron chi connectivity index (χ1n) is 4.76. The fourth-order valence-electron chi connectivity index (χ4n) is 1.50. The van der Waals surface area contributed by atoms with Crippen LogP contribution < -0.4 is 11.9 Å². The molecule has 0 heterocycles. The maximum absolute atomic E-state index is 8.89. The van der Waals surface area contributed by atoms with Gasteiger partial charge in [-0.25, -0.2) is 0 Å². The summed E-state index contributed by atoms with van der Waals surface area (Å²) >= 11 is 5.91. The zero-order valence-corrected chi connectivity index (χ0v) is 9.91. The number of hydrogen-bond donors (Lipinski definition) is 2. The fraction of sp³-hybridized carbons (Fsp3) is 0. The van der Waals surface area contributed by atoms with Gasteiger partial charge in [0.15, 0.2) is 0 Å². The van der Waals surface area contributed by atoms with E-state index in [4.69, 9.17) is 22.6 Å². The summed E-state index contributed by atoms with van der Waals surface area (Å²) in [5.74, 6) is 0. The van der Waals surface area contributed by atoms with E-state index in [1.165, 1.54) is 0 Å². The Hall–Kier alpha value is -2.02. The molecule has 17 heavy (non-hydrogen) atoms. The molecule has 0 bridgehead atoms. The van der Waals surface area contributed by atoms with Crippen LogP contribution in [-0.2, 0) is 0 Å². The van der Waals surface area contributed by atoms with Gasteiger partial charge in [0.05, 0.1) is 5.56 Å². The fourth-order valence-corrected chi connectivity index (χ4v) is 1.69. The van der Waals surface area contributed by atoms with Crippen molar-refractivity contribution in [2.45, 2.75) is 0 Å². The van der Waals surface area contributed by atoms with Gasteiger partial charge < -0.3 is 11.9 Å². The van der Waals surface area contributed by atoms with Gasteiger partial charge in [-0.15, -0.1) is 0 Å². The summed E-state index contributed by atoms with van der Waals surface area (Å²) in [6, 6.07) is 14.9. The number of anilines is 1. The summed E-state index contributed by atoms with van der Waals surface area (Å²) in [5, 5.41) is 9.56. The molecule has 5 N–H and O–H groups in total. The van der Waals surface area contributed by atoms with E-state index in [0.717, 1.165) is 11.1 Å². The molecule has 0 aliphatic rings. The lowest BCUT2D eigenvalue weighted by Gasteiger charge is -2.04. The lowest BCUT2D eigenvalue weighted by Crippen LogP contribution is -1.90. The van der Waals surface area contributed by atoms with Gasteiger partial charge in [0.25, 0.3) is 0 Å². The third kappa shape index (κ3) is 2.76. The molecule has 4 heteroatoms. The molecule has 0 aliphatic heterocycles. The van der Waals surface area contributed by atoms with Crippen LogP contribution in [0.15, 0.2) is 42.5 Å². The number of nitriles is 1. The standard InChI is InChI=1S/C13H9ClN2.H3N/c14-12-3-1-2-9(7-12)10-4-5-13(16)11(6-10)8-15;/h1-7H,16H2;1H3. The maximum Gasteiger partial charge on any atom is 0.101 e. The van der Waals surface area contributed by atoms with Crippen LogP contribution in [0.2, 0.25) is 5.02 Å². The van der Waals surface area contributed by atoms with Crippen LogP contribution in [0.5, 0.6) is 0 Å². The molecule has 2 aromatic carbocycles. The summed E-state index contributed by atoms with van der Waals surface area (Å²) in [5.41, 5.74) is 8.55.